The lowest BCUT2D eigenvalue weighted by Crippen LogP contribution is -2.23. The summed E-state index contributed by atoms with van der Waals surface area (Å²) in [6, 6.07) is 3.46. The van der Waals surface area contributed by atoms with E-state index in [1.807, 2.05) is 13.0 Å². The summed E-state index contributed by atoms with van der Waals surface area (Å²) in [6.07, 6.45) is 0.312. The number of rotatable bonds is 7. The maximum absolute atomic E-state index is 11.5. The second-order valence-corrected chi connectivity index (χ2v) is 5.39. The number of carbonyl (C=O) groups excluding carboxylic acids is 1. The fourth-order valence-electron chi connectivity index (χ4n) is 1.63. The molecule has 1 aromatic carbocycles. The van der Waals surface area contributed by atoms with Crippen LogP contribution in [-0.2, 0) is 11.3 Å². The molecule has 20 heavy (non-hydrogen) atoms. The molecule has 112 valence electrons. The first-order chi connectivity index (χ1) is 9.45. The Kier molecular flexibility index (Phi) is 7.13. The van der Waals surface area contributed by atoms with Gasteiger partial charge in [0.25, 0.3) is 0 Å². The highest BCUT2D eigenvalue weighted by Gasteiger charge is 2.12. The maximum atomic E-state index is 11.5. The Morgan fingerprint density at radius 2 is 2.05 bits per heavy atom. The average Bonchev–Trinajstić information content (AvgIpc) is 2.38. The summed E-state index contributed by atoms with van der Waals surface area (Å²) >= 11 is 12.2. The minimum atomic E-state index is 0.0170. The molecule has 0 saturated carbocycles. The molecule has 6 heteroatoms. The minimum Gasteiger partial charge on any atom is -0.491 e. The zero-order chi connectivity index (χ0) is 15.1. The monoisotopic (exact) mass is 318 g/mol. The summed E-state index contributed by atoms with van der Waals surface area (Å²) in [5.41, 5.74) is 0.890. The molecule has 0 spiro atoms. The van der Waals surface area contributed by atoms with Crippen LogP contribution in [-0.4, -0.2) is 38.1 Å². The van der Waals surface area contributed by atoms with E-state index in [0.717, 1.165) is 12.1 Å². The van der Waals surface area contributed by atoms with E-state index in [4.69, 9.17) is 27.9 Å². The van der Waals surface area contributed by atoms with Gasteiger partial charge in [-0.1, -0.05) is 30.1 Å². The van der Waals surface area contributed by atoms with Crippen molar-refractivity contribution in [3.63, 3.8) is 0 Å². The molecule has 1 rings (SSSR count). The van der Waals surface area contributed by atoms with Gasteiger partial charge < -0.3 is 15.0 Å². The lowest BCUT2D eigenvalue weighted by atomic mass is 10.2. The van der Waals surface area contributed by atoms with E-state index < -0.39 is 0 Å². The largest absolute Gasteiger partial charge is 0.491 e. The summed E-state index contributed by atoms with van der Waals surface area (Å²) in [5, 5.41) is 4.23. The normalized spacial score (nSPS) is 10.4. The first-order valence-electron chi connectivity index (χ1n) is 6.47. The molecule has 1 amide bonds. The summed E-state index contributed by atoms with van der Waals surface area (Å²) in [4.78, 5) is 13.0. The van der Waals surface area contributed by atoms with Crippen LogP contribution in [0.15, 0.2) is 12.1 Å². The Balaban J connectivity index is 2.74. The number of nitrogens with one attached hydrogen (secondary N) is 1. The van der Waals surface area contributed by atoms with Crippen LogP contribution in [0.1, 0.15) is 18.9 Å². The van der Waals surface area contributed by atoms with Gasteiger partial charge in [0.1, 0.15) is 5.75 Å². The third-order valence-corrected chi connectivity index (χ3v) is 3.21. The molecular weight excluding hydrogens is 299 g/mol. The molecule has 0 fully saturated rings. The molecule has 0 unspecified atom stereocenters. The van der Waals surface area contributed by atoms with Crippen molar-refractivity contribution in [2.24, 2.45) is 0 Å². The molecular formula is C14H20Cl2N2O2. The van der Waals surface area contributed by atoms with E-state index >= 15 is 0 Å². The summed E-state index contributed by atoms with van der Waals surface area (Å²) in [7, 11) is 3.43. The van der Waals surface area contributed by atoms with Gasteiger partial charge in [0.15, 0.2) is 0 Å². The van der Waals surface area contributed by atoms with Crippen LogP contribution in [0.2, 0.25) is 10.0 Å². The van der Waals surface area contributed by atoms with Crippen molar-refractivity contribution in [2.75, 3.05) is 27.2 Å². The number of halogens is 2. The molecule has 0 aliphatic carbocycles. The smallest absolute Gasteiger partial charge is 0.225 e. The zero-order valence-corrected chi connectivity index (χ0v) is 13.5. The molecule has 0 aliphatic heterocycles. The highest BCUT2D eigenvalue weighted by molar-refractivity contribution is 6.35. The van der Waals surface area contributed by atoms with E-state index in [1.165, 1.54) is 4.90 Å². The molecule has 0 saturated heterocycles. The third-order valence-electron chi connectivity index (χ3n) is 2.71. The van der Waals surface area contributed by atoms with Gasteiger partial charge >= 0.3 is 0 Å². The lowest BCUT2D eigenvalue weighted by molar-refractivity contribution is -0.129. The van der Waals surface area contributed by atoms with Crippen molar-refractivity contribution in [3.8, 4) is 5.75 Å². The number of carbonyl (C=O) groups is 1. The van der Waals surface area contributed by atoms with E-state index in [2.05, 4.69) is 5.32 Å². The van der Waals surface area contributed by atoms with Gasteiger partial charge in [0.05, 0.1) is 18.1 Å². The quantitative estimate of drug-likeness (QED) is 0.840. The van der Waals surface area contributed by atoms with Crippen molar-refractivity contribution in [3.05, 3.63) is 27.7 Å². The van der Waals surface area contributed by atoms with Crippen LogP contribution in [0.3, 0.4) is 0 Å². The molecule has 0 atom stereocenters. The van der Waals surface area contributed by atoms with Crippen molar-refractivity contribution in [2.45, 2.75) is 19.9 Å². The van der Waals surface area contributed by atoms with Gasteiger partial charge in [-0.2, -0.15) is 0 Å². The van der Waals surface area contributed by atoms with Crippen LogP contribution in [0.5, 0.6) is 5.75 Å². The number of hydrogen-bond acceptors (Lipinski definition) is 3. The minimum absolute atomic E-state index is 0.0170. The van der Waals surface area contributed by atoms with E-state index in [-0.39, 0.29) is 12.5 Å². The summed E-state index contributed by atoms with van der Waals surface area (Å²) < 4.78 is 5.66. The van der Waals surface area contributed by atoms with E-state index in [1.54, 1.807) is 20.2 Å². The van der Waals surface area contributed by atoms with Gasteiger partial charge in [0, 0.05) is 31.2 Å². The van der Waals surface area contributed by atoms with Crippen molar-refractivity contribution < 1.29 is 9.53 Å². The predicted molar refractivity (Wildman–Crippen MR) is 82.6 cm³/mol. The first kappa shape index (κ1) is 17.1. The lowest BCUT2D eigenvalue weighted by Gasteiger charge is -2.15. The molecule has 0 aliphatic rings. The summed E-state index contributed by atoms with van der Waals surface area (Å²) in [5.74, 6) is 0.604. The number of nitrogens with zero attached hydrogens (tertiary/aromatic N) is 1. The molecule has 1 aromatic rings. The number of hydrogen-bond donors (Lipinski definition) is 1. The number of ether oxygens (including phenoxy) is 1. The van der Waals surface area contributed by atoms with Crippen molar-refractivity contribution in [1.29, 1.82) is 0 Å². The van der Waals surface area contributed by atoms with Gasteiger partial charge in [-0.05, 0) is 18.7 Å². The Labute approximate surface area is 130 Å². The first-order valence-corrected chi connectivity index (χ1v) is 7.22. The highest BCUT2D eigenvalue weighted by Crippen LogP contribution is 2.32. The Hall–Kier alpha value is -0.970. The molecule has 0 radical (unpaired) electrons. The number of amides is 1. The Morgan fingerprint density at radius 3 is 2.65 bits per heavy atom. The zero-order valence-electron chi connectivity index (χ0n) is 12.0. The topological polar surface area (TPSA) is 41.6 Å². The van der Waals surface area contributed by atoms with Crippen LogP contribution in [0, 0.1) is 0 Å². The predicted octanol–water partition coefficient (Wildman–Crippen LogP) is 2.96. The fourth-order valence-corrected chi connectivity index (χ4v) is 2.22. The molecule has 0 heterocycles. The van der Waals surface area contributed by atoms with Gasteiger partial charge in [-0.3, -0.25) is 4.79 Å². The highest BCUT2D eigenvalue weighted by atomic mass is 35.5. The SMILES string of the molecule is CCNCc1cc(Cl)cc(Cl)c1OCCC(=O)N(C)C. The molecule has 0 aromatic heterocycles. The van der Waals surface area contributed by atoms with Crippen LogP contribution < -0.4 is 10.1 Å². The summed E-state index contributed by atoms with van der Waals surface area (Å²) in [6.45, 7) is 3.76. The maximum Gasteiger partial charge on any atom is 0.225 e. The van der Waals surface area contributed by atoms with E-state index in [9.17, 15) is 4.79 Å². The second-order valence-electron chi connectivity index (χ2n) is 4.54. The van der Waals surface area contributed by atoms with Crippen LogP contribution in [0.25, 0.3) is 0 Å². The van der Waals surface area contributed by atoms with Gasteiger partial charge in [-0.25, -0.2) is 0 Å². The fraction of sp³-hybridized carbons (Fsp3) is 0.500. The Bertz CT molecular complexity index is 465. The second kappa shape index (κ2) is 8.35. The number of benzene rings is 1. The average molecular weight is 319 g/mol. The van der Waals surface area contributed by atoms with Gasteiger partial charge in [0.2, 0.25) is 5.91 Å². The van der Waals surface area contributed by atoms with Crippen LogP contribution >= 0.6 is 23.2 Å². The van der Waals surface area contributed by atoms with Gasteiger partial charge in [-0.15, -0.1) is 0 Å². The standard InChI is InChI=1S/C14H20Cl2N2O2/c1-4-17-9-10-7-11(15)8-12(16)14(10)20-6-5-13(19)18(2)3/h7-8,17H,4-6,9H2,1-3H3. The third kappa shape index (κ3) is 5.19. The van der Waals surface area contributed by atoms with Crippen molar-refractivity contribution in [1.82, 2.24) is 10.2 Å². The van der Waals surface area contributed by atoms with Crippen LogP contribution in [0.4, 0.5) is 0 Å². The Morgan fingerprint density at radius 1 is 1.35 bits per heavy atom. The molecule has 0 bridgehead atoms. The molecule has 4 nitrogen and oxygen atoms in total. The van der Waals surface area contributed by atoms with E-state index in [0.29, 0.717) is 28.8 Å². The van der Waals surface area contributed by atoms with Crippen molar-refractivity contribution >= 4 is 29.1 Å². The molecule has 1 N–H and O–H groups in total.